The molecule has 0 saturated carbocycles. The summed E-state index contributed by atoms with van der Waals surface area (Å²) in [6.45, 7) is 9.42. The lowest BCUT2D eigenvalue weighted by atomic mass is 10.2. The number of fused-ring (bicyclic) bond motifs is 1. The van der Waals surface area contributed by atoms with Gasteiger partial charge in [0, 0.05) is 57.9 Å². The van der Waals surface area contributed by atoms with Crippen molar-refractivity contribution in [2.45, 2.75) is 31.6 Å². The number of piperazine rings is 1. The minimum Gasteiger partial charge on any atom is -0.495 e. The zero-order valence-electron chi connectivity index (χ0n) is 24.1. The molecule has 1 amide bonds. The molecule has 0 bridgehead atoms. The summed E-state index contributed by atoms with van der Waals surface area (Å²) >= 11 is 1.61. The summed E-state index contributed by atoms with van der Waals surface area (Å²) in [5.41, 5.74) is 1.26. The second kappa shape index (κ2) is 15.0. The molecule has 0 spiro atoms. The van der Waals surface area contributed by atoms with Gasteiger partial charge in [0.05, 0.1) is 19.1 Å². The lowest BCUT2D eigenvalue weighted by Crippen LogP contribution is -2.48. The minimum atomic E-state index is -3.56. The van der Waals surface area contributed by atoms with Crippen LogP contribution in [0.15, 0.2) is 41.3 Å². The zero-order chi connectivity index (χ0) is 28.7. The molecule has 1 aliphatic rings. The van der Waals surface area contributed by atoms with E-state index in [1.54, 1.807) is 37.7 Å². The molecule has 2 heterocycles. The van der Waals surface area contributed by atoms with Crippen molar-refractivity contribution in [2.24, 2.45) is 0 Å². The molecule has 4 rings (SSSR count). The van der Waals surface area contributed by atoms with Crippen LogP contribution in [-0.4, -0.2) is 95.1 Å². The van der Waals surface area contributed by atoms with E-state index in [1.807, 2.05) is 26.0 Å². The van der Waals surface area contributed by atoms with Gasteiger partial charge >= 0.3 is 0 Å². The van der Waals surface area contributed by atoms with Gasteiger partial charge in [-0.05, 0) is 42.8 Å². The minimum absolute atomic E-state index is 0. The number of unbranched alkanes of at least 4 members (excludes halogenated alkanes) is 1. The molecule has 10 nitrogen and oxygen atoms in total. The second-order valence-corrected chi connectivity index (χ2v) is 12.5. The van der Waals surface area contributed by atoms with Crippen LogP contribution in [0.1, 0.15) is 37.0 Å². The Hall–Kier alpha value is -2.64. The van der Waals surface area contributed by atoms with Crippen LogP contribution in [-0.2, 0) is 10.0 Å². The molecule has 3 aromatic rings. The molecule has 2 aromatic carbocycles. The molecule has 1 N–H and O–H groups in total. The number of rotatable bonds is 13. The summed E-state index contributed by atoms with van der Waals surface area (Å²) in [7, 11) is -0.257. The van der Waals surface area contributed by atoms with Gasteiger partial charge < -0.3 is 19.7 Å². The zero-order valence-corrected chi connectivity index (χ0v) is 26.5. The highest BCUT2D eigenvalue weighted by molar-refractivity contribution is 7.89. The molecule has 1 aromatic heterocycles. The number of methoxy groups -OCH3 is 2. The Morgan fingerprint density at radius 1 is 1.02 bits per heavy atom. The van der Waals surface area contributed by atoms with Gasteiger partial charge in [-0.15, -0.1) is 12.4 Å². The van der Waals surface area contributed by atoms with Gasteiger partial charge in [0.1, 0.15) is 21.7 Å². The van der Waals surface area contributed by atoms with Crippen LogP contribution >= 0.6 is 23.7 Å². The van der Waals surface area contributed by atoms with Crippen molar-refractivity contribution in [1.82, 2.24) is 19.5 Å². The van der Waals surface area contributed by atoms with Crippen molar-refractivity contribution in [1.29, 1.82) is 0 Å². The number of amides is 1. The fraction of sp³-hybridized carbons (Fsp3) is 0.500. The van der Waals surface area contributed by atoms with Crippen LogP contribution in [0.3, 0.4) is 0 Å². The smallest absolute Gasteiger partial charge is 0.251 e. The number of nitrogens with one attached hydrogen (secondary N) is 1. The Morgan fingerprint density at radius 2 is 1.68 bits per heavy atom. The summed E-state index contributed by atoms with van der Waals surface area (Å²) < 4.78 is 39.3. The number of thiazole rings is 1. The topological polar surface area (TPSA) is 104 Å². The average molecular weight is 626 g/mol. The van der Waals surface area contributed by atoms with Gasteiger partial charge in [0.2, 0.25) is 10.0 Å². The van der Waals surface area contributed by atoms with Crippen LogP contribution in [0.2, 0.25) is 0 Å². The van der Waals surface area contributed by atoms with E-state index in [-0.39, 0.29) is 23.2 Å². The number of hydrogen-bond acceptors (Lipinski definition) is 9. The molecule has 1 aliphatic heterocycles. The Labute approximate surface area is 253 Å². The molecule has 0 aliphatic carbocycles. The molecule has 226 valence electrons. The molecule has 0 atom stereocenters. The van der Waals surface area contributed by atoms with Crippen LogP contribution in [0.25, 0.3) is 10.2 Å². The normalized spacial score (nSPS) is 14.2. The van der Waals surface area contributed by atoms with Gasteiger partial charge in [-0.1, -0.05) is 31.6 Å². The van der Waals surface area contributed by atoms with E-state index in [0.717, 1.165) is 72.4 Å². The molecular formula is C28H40ClN5O5S2. The Bertz CT molecular complexity index is 1350. The Balaban J connectivity index is 0.00000462. The van der Waals surface area contributed by atoms with E-state index in [4.69, 9.17) is 14.5 Å². The fourth-order valence-electron chi connectivity index (χ4n) is 4.71. The summed E-state index contributed by atoms with van der Waals surface area (Å²) in [4.78, 5) is 22.3. The van der Waals surface area contributed by atoms with E-state index in [0.29, 0.717) is 25.2 Å². The van der Waals surface area contributed by atoms with Crippen LogP contribution in [0.5, 0.6) is 11.5 Å². The van der Waals surface area contributed by atoms with Crippen LogP contribution < -0.4 is 19.7 Å². The molecule has 41 heavy (non-hydrogen) atoms. The van der Waals surface area contributed by atoms with Gasteiger partial charge in [-0.2, -0.15) is 4.31 Å². The highest BCUT2D eigenvalue weighted by Gasteiger charge is 2.24. The molecule has 1 saturated heterocycles. The third-order valence-electron chi connectivity index (χ3n) is 7.12. The van der Waals surface area contributed by atoms with Crippen LogP contribution in [0.4, 0.5) is 5.13 Å². The quantitative estimate of drug-likeness (QED) is 0.303. The number of benzene rings is 2. The SMILES string of the molecule is CCCCN(CC)S(=O)(=O)c1ccc(C(=O)NCCN2CCN(c3nc4c(OC)ccc(OC)c4s3)CC2)cc1.Cl. The number of carbonyl (C=O) groups is 1. The maximum absolute atomic E-state index is 12.9. The van der Waals surface area contributed by atoms with Gasteiger partial charge in [0.15, 0.2) is 5.13 Å². The number of halogens is 1. The van der Waals surface area contributed by atoms with Gasteiger partial charge in [0.25, 0.3) is 5.91 Å². The maximum atomic E-state index is 12.9. The largest absolute Gasteiger partial charge is 0.495 e. The van der Waals surface area contributed by atoms with Crippen molar-refractivity contribution in [2.75, 3.05) is 71.5 Å². The molecular weight excluding hydrogens is 586 g/mol. The standard InChI is InChI=1S/C28H39N5O5S2.ClH/c1-5-7-15-33(6-2)40(35,36)22-10-8-21(9-11-22)27(34)29-14-16-31-17-19-32(20-18-31)28-30-25-23(37-3)12-13-24(38-4)26(25)39-28;/h8-13H,5-7,14-20H2,1-4H3,(H,29,34);1H. The number of nitrogens with zero attached hydrogens (tertiary/aromatic N) is 4. The van der Waals surface area contributed by atoms with E-state index < -0.39 is 10.0 Å². The lowest BCUT2D eigenvalue weighted by Gasteiger charge is -2.34. The first-order valence-corrected chi connectivity index (χ1v) is 15.9. The number of sulfonamides is 1. The lowest BCUT2D eigenvalue weighted by molar-refractivity contribution is 0.0947. The van der Waals surface area contributed by atoms with Crippen molar-refractivity contribution in [3.63, 3.8) is 0 Å². The van der Waals surface area contributed by atoms with Gasteiger partial charge in [-0.25, -0.2) is 13.4 Å². The van der Waals surface area contributed by atoms with E-state index in [1.165, 1.54) is 16.4 Å². The van der Waals surface area contributed by atoms with E-state index in [9.17, 15) is 13.2 Å². The highest BCUT2D eigenvalue weighted by Crippen LogP contribution is 2.40. The second-order valence-electron chi connectivity index (χ2n) is 9.60. The summed E-state index contributed by atoms with van der Waals surface area (Å²) in [6, 6.07) is 9.98. The first-order valence-electron chi connectivity index (χ1n) is 13.7. The van der Waals surface area contributed by atoms with E-state index >= 15 is 0 Å². The monoisotopic (exact) mass is 625 g/mol. The molecule has 13 heteroatoms. The number of ether oxygens (including phenoxy) is 2. The molecule has 0 radical (unpaired) electrons. The van der Waals surface area contributed by atoms with Crippen molar-refractivity contribution in [3.05, 3.63) is 42.0 Å². The predicted molar refractivity (Wildman–Crippen MR) is 167 cm³/mol. The Kier molecular flexibility index (Phi) is 12.0. The van der Waals surface area contributed by atoms with Gasteiger partial charge in [-0.3, -0.25) is 9.69 Å². The van der Waals surface area contributed by atoms with Crippen LogP contribution in [0, 0.1) is 0 Å². The van der Waals surface area contributed by atoms with Crippen molar-refractivity contribution < 1.29 is 22.7 Å². The van der Waals surface area contributed by atoms with E-state index in [2.05, 4.69) is 15.1 Å². The molecule has 0 unspecified atom stereocenters. The highest BCUT2D eigenvalue weighted by atomic mass is 35.5. The number of hydrogen-bond donors (Lipinski definition) is 1. The third-order valence-corrected chi connectivity index (χ3v) is 10.2. The third kappa shape index (κ3) is 7.61. The number of aromatic nitrogens is 1. The Morgan fingerprint density at radius 3 is 2.29 bits per heavy atom. The first-order chi connectivity index (χ1) is 19.3. The fourth-order valence-corrected chi connectivity index (χ4v) is 7.33. The predicted octanol–water partition coefficient (Wildman–Crippen LogP) is 4.10. The maximum Gasteiger partial charge on any atom is 0.251 e. The summed E-state index contributed by atoms with van der Waals surface area (Å²) in [5.74, 6) is 1.32. The summed E-state index contributed by atoms with van der Waals surface area (Å²) in [6.07, 6.45) is 1.74. The first kappa shape index (κ1) is 32.9. The summed E-state index contributed by atoms with van der Waals surface area (Å²) in [5, 5.41) is 3.91. The average Bonchev–Trinajstić information content (AvgIpc) is 3.43. The van der Waals surface area contributed by atoms with Crippen molar-refractivity contribution in [3.8, 4) is 11.5 Å². The number of carbonyl (C=O) groups excluding carboxylic acids is 1. The molecule has 1 fully saturated rings. The van der Waals surface area contributed by atoms with Crippen molar-refractivity contribution >= 4 is 55.0 Å². The number of anilines is 1.